The Balaban J connectivity index is 1.47. The number of aromatic nitrogens is 2. The van der Waals surface area contributed by atoms with Crippen LogP contribution in [0.2, 0.25) is 0 Å². The highest BCUT2D eigenvalue weighted by Gasteiger charge is 2.37. The van der Waals surface area contributed by atoms with Crippen molar-refractivity contribution in [3.8, 4) is 0 Å². The van der Waals surface area contributed by atoms with Gasteiger partial charge in [0.2, 0.25) is 0 Å². The standard InChI is InChI=1S/C22H25F3N6O2S/c1-11-3-2-4-14(29-11)15(32)10-28-12-5-7-31(8-6-12)16-9-13(22(23,24)25)17-18(26)19(20(27)33)34-21(17)30-16/h2-4,9,12,15,28,32H,5-8,10,26H2,1H3,(H2,27,33)/t15-/m1/s1. The molecule has 0 radical (unpaired) electrons. The summed E-state index contributed by atoms with van der Waals surface area (Å²) < 4.78 is 41.4. The molecule has 1 atom stereocenters. The van der Waals surface area contributed by atoms with E-state index in [1.165, 1.54) is 0 Å². The smallest absolute Gasteiger partial charge is 0.397 e. The molecule has 6 N–H and O–H groups in total. The van der Waals surface area contributed by atoms with Crippen molar-refractivity contribution in [2.24, 2.45) is 5.73 Å². The Labute approximate surface area is 197 Å². The maximum Gasteiger partial charge on any atom is 0.417 e. The van der Waals surface area contributed by atoms with Crippen LogP contribution in [-0.4, -0.2) is 46.7 Å². The summed E-state index contributed by atoms with van der Waals surface area (Å²) in [6.45, 7) is 3.15. The van der Waals surface area contributed by atoms with E-state index in [9.17, 15) is 23.1 Å². The van der Waals surface area contributed by atoms with Crippen LogP contribution in [0.1, 0.15) is 45.6 Å². The first-order chi connectivity index (χ1) is 16.0. The summed E-state index contributed by atoms with van der Waals surface area (Å²) in [5.41, 5.74) is 11.3. The molecule has 0 saturated carbocycles. The molecule has 34 heavy (non-hydrogen) atoms. The Morgan fingerprint density at radius 1 is 1.32 bits per heavy atom. The van der Waals surface area contributed by atoms with E-state index in [4.69, 9.17) is 11.5 Å². The molecule has 1 amide bonds. The van der Waals surface area contributed by atoms with Gasteiger partial charge >= 0.3 is 6.18 Å². The van der Waals surface area contributed by atoms with Gasteiger partial charge in [0.05, 0.1) is 16.9 Å². The third kappa shape index (κ3) is 4.93. The number of aryl methyl sites for hydroxylation is 1. The van der Waals surface area contributed by atoms with E-state index in [1.54, 1.807) is 11.0 Å². The Bertz CT molecular complexity index is 1210. The third-order valence-corrected chi connectivity index (χ3v) is 7.00. The van der Waals surface area contributed by atoms with Crippen LogP contribution in [0.15, 0.2) is 24.3 Å². The van der Waals surface area contributed by atoms with Crippen molar-refractivity contribution in [2.45, 2.75) is 38.1 Å². The number of nitrogens with zero attached hydrogens (tertiary/aromatic N) is 3. The number of carbonyl (C=O) groups is 1. The number of rotatable bonds is 6. The zero-order valence-electron chi connectivity index (χ0n) is 18.4. The molecule has 0 aliphatic carbocycles. The molecule has 3 aromatic heterocycles. The Kier molecular flexibility index (Phi) is 6.65. The Hall–Kier alpha value is -2.96. The van der Waals surface area contributed by atoms with Gasteiger partial charge in [0.1, 0.15) is 21.6 Å². The normalized spacial score (nSPS) is 16.2. The van der Waals surface area contributed by atoms with Gasteiger partial charge in [-0.1, -0.05) is 6.07 Å². The summed E-state index contributed by atoms with van der Waals surface area (Å²) in [5.74, 6) is -0.704. The Morgan fingerprint density at radius 3 is 2.65 bits per heavy atom. The number of hydrogen-bond donors (Lipinski definition) is 4. The van der Waals surface area contributed by atoms with Gasteiger partial charge in [-0.3, -0.25) is 9.78 Å². The minimum absolute atomic E-state index is 0.0325. The van der Waals surface area contributed by atoms with Crippen LogP contribution in [0.4, 0.5) is 24.7 Å². The first-order valence-electron chi connectivity index (χ1n) is 10.7. The number of nitrogens with two attached hydrogens (primary N) is 2. The number of carbonyl (C=O) groups excluding carboxylic acids is 1. The van der Waals surface area contributed by atoms with Crippen molar-refractivity contribution in [2.75, 3.05) is 30.3 Å². The highest BCUT2D eigenvalue weighted by molar-refractivity contribution is 7.21. The third-order valence-electron chi connectivity index (χ3n) is 5.88. The van der Waals surface area contributed by atoms with E-state index in [1.807, 2.05) is 19.1 Å². The van der Waals surface area contributed by atoms with Gasteiger partial charge in [-0.05, 0) is 38.0 Å². The highest BCUT2D eigenvalue weighted by Crippen LogP contribution is 2.43. The van der Waals surface area contributed by atoms with E-state index in [2.05, 4.69) is 15.3 Å². The molecule has 3 aromatic rings. The number of hydrogen-bond acceptors (Lipinski definition) is 8. The molecule has 182 valence electrons. The van der Waals surface area contributed by atoms with Gasteiger partial charge < -0.3 is 26.8 Å². The molecular weight excluding hydrogens is 469 g/mol. The van der Waals surface area contributed by atoms with E-state index in [0.29, 0.717) is 38.2 Å². The number of thiophene rings is 1. The largest absolute Gasteiger partial charge is 0.417 e. The number of pyridine rings is 2. The average Bonchev–Trinajstić information content (AvgIpc) is 3.13. The molecule has 12 heteroatoms. The quantitative estimate of drug-likeness (QED) is 0.414. The molecule has 0 unspecified atom stereocenters. The van der Waals surface area contributed by atoms with Crippen molar-refractivity contribution in [1.29, 1.82) is 0 Å². The van der Waals surface area contributed by atoms with E-state index in [-0.39, 0.29) is 32.6 Å². The van der Waals surface area contributed by atoms with Crippen LogP contribution < -0.4 is 21.7 Å². The van der Waals surface area contributed by atoms with Crippen molar-refractivity contribution in [1.82, 2.24) is 15.3 Å². The van der Waals surface area contributed by atoms with Gasteiger partial charge in [0.15, 0.2) is 0 Å². The number of primary amides is 1. The van der Waals surface area contributed by atoms with Gasteiger partial charge in [-0.2, -0.15) is 13.2 Å². The number of alkyl halides is 3. The molecule has 0 spiro atoms. The summed E-state index contributed by atoms with van der Waals surface area (Å²) >= 11 is 0.768. The second-order valence-electron chi connectivity index (χ2n) is 8.30. The van der Waals surface area contributed by atoms with Gasteiger partial charge in [-0.25, -0.2) is 4.98 Å². The molecule has 4 heterocycles. The number of halogens is 3. The fourth-order valence-corrected chi connectivity index (χ4v) is 5.09. The highest BCUT2D eigenvalue weighted by atomic mass is 32.1. The number of fused-ring (bicyclic) bond motifs is 1. The number of amides is 1. The molecule has 8 nitrogen and oxygen atoms in total. The number of nitrogen functional groups attached to an aromatic ring is 1. The number of piperidine rings is 1. The topological polar surface area (TPSA) is 130 Å². The lowest BCUT2D eigenvalue weighted by molar-refractivity contribution is -0.136. The molecule has 4 rings (SSSR count). The van der Waals surface area contributed by atoms with Gasteiger partial charge in [0, 0.05) is 36.8 Å². The van der Waals surface area contributed by atoms with Crippen LogP contribution in [0.5, 0.6) is 0 Å². The van der Waals surface area contributed by atoms with Gasteiger partial charge in [0.25, 0.3) is 5.91 Å². The first-order valence-corrected chi connectivity index (χ1v) is 11.6. The van der Waals surface area contributed by atoms with Crippen molar-refractivity contribution in [3.63, 3.8) is 0 Å². The fraction of sp³-hybridized carbons (Fsp3) is 0.409. The predicted octanol–water partition coefficient (Wildman–Crippen LogP) is 2.99. The molecule has 1 aliphatic rings. The van der Waals surface area contributed by atoms with E-state index in [0.717, 1.165) is 23.1 Å². The predicted molar refractivity (Wildman–Crippen MR) is 125 cm³/mol. The number of nitrogens with one attached hydrogen (secondary N) is 1. The summed E-state index contributed by atoms with van der Waals surface area (Å²) in [4.78, 5) is 22.0. The zero-order chi connectivity index (χ0) is 24.6. The summed E-state index contributed by atoms with van der Waals surface area (Å²) in [7, 11) is 0. The summed E-state index contributed by atoms with van der Waals surface area (Å²) in [6.07, 6.45) is -4.09. The molecule has 1 aliphatic heterocycles. The van der Waals surface area contributed by atoms with Crippen molar-refractivity contribution >= 4 is 39.0 Å². The molecule has 1 fully saturated rings. The number of anilines is 2. The van der Waals surface area contributed by atoms with E-state index >= 15 is 0 Å². The van der Waals surface area contributed by atoms with Crippen LogP contribution in [0.3, 0.4) is 0 Å². The van der Waals surface area contributed by atoms with Gasteiger partial charge in [-0.15, -0.1) is 11.3 Å². The molecule has 1 saturated heterocycles. The second-order valence-corrected chi connectivity index (χ2v) is 9.30. The lowest BCUT2D eigenvalue weighted by Gasteiger charge is -2.34. The van der Waals surface area contributed by atoms with Crippen LogP contribution in [-0.2, 0) is 6.18 Å². The molecule has 0 bridgehead atoms. The van der Waals surface area contributed by atoms with Crippen LogP contribution >= 0.6 is 11.3 Å². The Morgan fingerprint density at radius 2 is 2.03 bits per heavy atom. The van der Waals surface area contributed by atoms with Crippen LogP contribution in [0, 0.1) is 6.92 Å². The number of aliphatic hydroxyl groups is 1. The van der Waals surface area contributed by atoms with Crippen molar-refractivity contribution in [3.05, 3.63) is 46.1 Å². The second kappa shape index (κ2) is 9.35. The minimum atomic E-state index is -4.67. The SMILES string of the molecule is Cc1cccc([C@H](O)CNC2CCN(c3cc(C(F)(F)F)c4c(N)c(C(N)=O)sc4n3)CC2)n1. The monoisotopic (exact) mass is 494 g/mol. The first kappa shape index (κ1) is 24.2. The average molecular weight is 495 g/mol. The maximum absolute atomic E-state index is 13.8. The van der Waals surface area contributed by atoms with Crippen molar-refractivity contribution < 1.29 is 23.1 Å². The maximum atomic E-state index is 13.8. The zero-order valence-corrected chi connectivity index (χ0v) is 19.2. The fourth-order valence-electron chi connectivity index (χ4n) is 4.12. The molecule has 0 aromatic carbocycles. The minimum Gasteiger partial charge on any atom is -0.397 e. The summed E-state index contributed by atoms with van der Waals surface area (Å²) in [6, 6.07) is 6.54. The van der Waals surface area contributed by atoms with Crippen LogP contribution in [0.25, 0.3) is 10.2 Å². The lowest BCUT2D eigenvalue weighted by atomic mass is 10.0. The summed E-state index contributed by atoms with van der Waals surface area (Å²) in [5, 5.41) is 13.4. The van der Waals surface area contributed by atoms with E-state index < -0.39 is 23.8 Å². The lowest BCUT2D eigenvalue weighted by Crippen LogP contribution is -2.44. The number of aliphatic hydroxyl groups excluding tert-OH is 1. The molecular formula is C22H25F3N6O2S.